The zero-order chi connectivity index (χ0) is 14.0. The molecular weight excluding hydrogens is 242 g/mol. The molecule has 1 saturated heterocycles. The van der Waals surface area contributed by atoms with Crippen molar-refractivity contribution in [2.75, 3.05) is 32.9 Å². The van der Waals surface area contributed by atoms with Gasteiger partial charge in [-0.25, -0.2) is 0 Å². The van der Waals surface area contributed by atoms with Crippen LogP contribution in [0.2, 0.25) is 0 Å². The lowest BCUT2D eigenvalue weighted by atomic mass is 10.1. The highest BCUT2D eigenvalue weighted by Crippen LogP contribution is 2.21. The third-order valence-corrected chi connectivity index (χ3v) is 3.77. The van der Waals surface area contributed by atoms with Gasteiger partial charge in [-0.05, 0) is 44.6 Å². The van der Waals surface area contributed by atoms with Crippen LogP contribution in [-0.4, -0.2) is 54.0 Å². The van der Waals surface area contributed by atoms with Gasteiger partial charge in [-0.1, -0.05) is 0 Å². The van der Waals surface area contributed by atoms with E-state index in [1.54, 1.807) is 18.0 Å². The Balaban J connectivity index is 2.08. The first-order valence-corrected chi connectivity index (χ1v) is 6.53. The number of anilines is 1. The van der Waals surface area contributed by atoms with Gasteiger partial charge in [0.15, 0.2) is 0 Å². The van der Waals surface area contributed by atoms with Crippen LogP contribution < -0.4 is 5.73 Å². The Bertz CT molecular complexity index is 476. The molecule has 1 atom stereocenters. The van der Waals surface area contributed by atoms with Gasteiger partial charge < -0.3 is 20.6 Å². The molecule has 0 bridgehead atoms. The van der Waals surface area contributed by atoms with Crippen molar-refractivity contribution in [2.45, 2.75) is 18.9 Å². The molecule has 0 saturated carbocycles. The van der Waals surface area contributed by atoms with E-state index in [0.29, 0.717) is 23.8 Å². The normalized spacial score (nSPS) is 19.6. The average molecular weight is 263 g/mol. The van der Waals surface area contributed by atoms with Crippen LogP contribution in [0.1, 0.15) is 23.2 Å². The molecule has 1 fully saturated rings. The first kappa shape index (κ1) is 13.7. The molecule has 1 aromatic rings. The fourth-order valence-electron chi connectivity index (χ4n) is 2.54. The quantitative estimate of drug-likeness (QED) is 0.634. The van der Waals surface area contributed by atoms with E-state index in [9.17, 15) is 9.90 Å². The van der Waals surface area contributed by atoms with Crippen molar-refractivity contribution in [1.82, 2.24) is 9.80 Å². The van der Waals surface area contributed by atoms with Gasteiger partial charge in [0.05, 0.1) is 5.56 Å². The summed E-state index contributed by atoms with van der Waals surface area (Å²) in [7, 11) is 3.86. The highest BCUT2D eigenvalue weighted by molar-refractivity contribution is 5.99. The maximum Gasteiger partial charge on any atom is 0.255 e. The van der Waals surface area contributed by atoms with E-state index in [4.69, 9.17) is 5.73 Å². The number of nitrogens with two attached hydrogens (primary N) is 1. The molecule has 19 heavy (non-hydrogen) atoms. The molecule has 1 amide bonds. The summed E-state index contributed by atoms with van der Waals surface area (Å²) in [5, 5.41) is 9.46. The summed E-state index contributed by atoms with van der Waals surface area (Å²) >= 11 is 0. The molecule has 0 spiro atoms. The lowest BCUT2D eigenvalue weighted by molar-refractivity contribution is 0.0762. The molecule has 1 heterocycles. The van der Waals surface area contributed by atoms with Crippen LogP contribution in [0.4, 0.5) is 5.69 Å². The van der Waals surface area contributed by atoms with Gasteiger partial charge in [-0.2, -0.15) is 0 Å². The molecule has 104 valence electrons. The number of carbonyl (C=O) groups excluding carboxylic acids is 1. The number of carbonyl (C=O) groups is 1. The summed E-state index contributed by atoms with van der Waals surface area (Å²) < 4.78 is 0. The summed E-state index contributed by atoms with van der Waals surface area (Å²) in [6.45, 7) is 1.77. The van der Waals surface area contributed by atoms with Crippen LogP contribution in [0.3, 0.4) is 0 Å². The van der Waals surface area contributed by atoms with Crippen LogP contribution in [0.15, 0.2) is 18.2 Å². The van der Waals surface area contributed by atoms with E-state index >= 15 is 0 Å². The number of rotatable bonds is 3. The topological polar surface area (TPSA) is 69.8 Å². The summed E-state index contributed by atoms with van der Waals surface area (Å²) in [6, 6.07) is 4.87. The van der Waals surface area contributed by atoms with Crippen molar-refractivity contribution >= 4 is 11.6 Å². The Morgan fingerprint density at radius 3 is 2.95 bits per heavy atom. The van der Waals surface area contributed by atoms with Crippen molar-refractivity contribution in [1.29, 1.82) is 0 Å². The van der Waals surface area contributed by atoms with Crippen molar-refractivity contribution in [3.8, 4) is 5.75 Å². The van der Waals surface area contributed by atoms with E-state index in [1.807, 2.05) is 0 Å². The van der Waals surface area contributed by atoms with E-state index in [0.717, 1.165) is 13.0 Å². The Morgan fingerprint density at radius 1 is 1.58 bits per heavy atom. The van der Waals surface area contributed by atoms with Crippen LogP contribution in [0, 0.1) is 0 Å². The Hall–Kier alpha value is -1.75. The Labute approximate surface area is 113 Å². The minimum atomic E-state index is -0.145. The molecule has 0 radical (unpaired) electrons. The first-order valence-electron chi connectivity index (χ1n) is 6.53. The number of phenolic OH excluding ortho intramolecular Hbond substituents is 1. The van der Waals surface area contributed by atoms with Crippen molar-refractivity contribution in [3.05, 3.63) is 23.8 Å². The summed E-state index contributed by atoms with van der Waals surface area (Å²) in [5.74, 6) is -0.0855. The SMILES string of the molecule is CN(CC1CCCN1C)C(=O)c1cc(O)ccc1N. The number of likely N-dealkylation sites (N-methyl/N-ethyl adjacent to an activating group) is 2. The van der Waals surface area contributed by atoms with Gasteiger partial charge in [0.1, 0.15) is 5.75 Å². The number of nitrogens with zero attached hydrogens (tertiary/aromatic N) is 2. The zero-order valence-electron chi connectivity index (χ0n) is 11.5. The molecular formula is C14H21N3O2. The lowest BCUT2D eigenvalue weighted by Crippen LogP contribution is -2.39. The van der Waals surface area contributed by atoms with Gasteiger partial charge in [0.2, 0.25) is 0 Å². The molecule has 1 aliphatic heterocycles. The van der Waals surface area contributed by atoms with E-state index in [-0.39, 0.29) is 11.7 Å². The first-order chi connectivity index (χ1) is 8.99. The Morgan fingerprint density at radius 2 is 2.32 bits per heavy atom. The molecule has 1 aromatic carbocycles. The molecule has 1 unspecified atom stereocenters. The van der Waals surface area contributed by atoms with E-state index in [1.165, 1.54) is 18.6 Å². The maximum atomic E-state index is 12.3. The number of amides is 1. The van der Waals surface area contributed by atoms with Crippen LogP contribution in [0.5, 0.6) is 5.75 Å². The number of aromatic hydroxyl groups is 1. The molecule has 3 N–H and O–H groups in total. The van der Waals surface area contributed by atoms with Crippen LogP contribution >= 0.6 is 0 Å². The second kappa shape index (κ2) is 5.48. The van der Waals surface area contributed by atoms with Gasteiger partial charge in [0, 0.05) is 25.3 Å². The van der Waals surface area contributed by atoms with Gasteiger partial charge in [-0.15, -0.1) is 0 Å². The number of hydrogen-bond acceptors (Lipinski definition) is 4. The standard InChI is InChI=1S/C14H21N3O2/c1-16-7-3-4-10(16)9-17(2)14(19)12-8-11(18)5-6-13(12)15/h5-6,8,10,18H,3-4,7,9,15H2,1-2H3. The van der Waals surface area contributed by atoms with Crippen LogP contribution in [-0.2, 0) is 0 Å². The predicted octanol–water partition coefficient (Wildman–Crippen LogP) is 1.14. The van der Waals surface area contributed by atoms with Gasteiger partial charge >= 0.3 is 0 Å². The molecule has 2 rings (SSSR count). The predicted molar refractivity (Wildman–Crippen MR) is 75.1 cm³/mol. The van der Waals surface area contributed by atoms with Crippen molar-refractivity contribution < 1.29 is 9.90 Å². The molecule has 0 aliphatic carbocycles. The summed E-state index contributed by atoms with van der Waals surface area (Å²) in [4.78, 5) is 16.3. The van der Waals surface area contributed by atoms with Gasteiger partial charge in [-0.3, -0.25) is 4.79 Å². The fourth-order valence-corrected chi connectivity index (χ4v) is 2.54. The summed E-state index contributed by atoms with van der Waals surface area (Å²) in [5.41, 5.74) is 6.56. The minimum Gasteiger partial charge on any atom is -0.508 e. The summed E-state index contributed by atoms with van der Waals surface area (Å²) in [6.07, 6.45) is 2.29. The zero-order valence-corrected chi connectivity index (χ0v) is 11.5. The Kier molecular flexibility index (Phi) is 3.95. The van der Waals surface area contributed by atoms with Crippen molar-refractivity contribution in [3.63, 3.8) is 0 Å². The number of phenols is 1. The average Bonchev–Trinajstić information content (AvgIpc) is 2.77. The number of likely N-dealkylation sites (tertiary alicyclic amines) is 1. The highest BCUT2D eigenvalue weighted by Gasteiger charge is 2.25. The fraction of sp³-hybridized carbons (Fsp3) is 0.500. The number of hydrogen-bond donors (Lipinski definition) is 2. The van der Waals surface area contributed by atoms with Crippen molar-refractivity contribution in [2.24, 2.45) is 0 Å². The molecule has 0 aromatic heterocycles. The largest absolute Gasteiger partial charge is 0.508 e. The van der Waals surface area contributed by atoms with E-state index in [2.05, 4.69) is 11.9 Å². The smallest absolute Gasteiger partial charge is 0.255 e. The minimum absolute atomic E-state index is 0.0592. The molecule has 5 heteroatoms. The second-order valence-electron chi connectivity index (χ2n) is 5.23. The third kappa shape index (κ3) is 2.98. The second-order valence-corrected chi connectivity index (χ2v) is 5.23. The van der Waals surface area contributed by atoms with Gasteiger partial charge in [0.25, 0.3) is 5.91 Å². The number of benzene rings is 1. The lowest BCUT2D eigenvalue weighted by Gasteiger charge is -2.26. The van der Waals surface area contributed by atoms with Crippen LogP contribution in [0.25, 0.3) is 0 Å². The third-order valence-electron chi connectivity index (χ3n) is 3.77. The molecule has 5 nitrogen and oxygen atoms in total. The van der Waals surface area contributed by atoms with E-state index < -0.39 is 0 Å². The monoisotopic (exact) mass is 263 g/mol. The highest BCUT2D eigenvalue weighted by atomic mass is 16.3. The maximum absolute atomic E-state index is 12.3. The number of nitrogen functional groups attached to an aromatic ring is 1. The molecule has 1 aliphatic rings.